The summed E-state index contributed by atoms with van der Waals surface area (Å²) < 4.78 is 55.7. The molecule has 3 fully saturated rings. The molecule has 18 heteroatoms. The summed E-state index contributed by atoms with van der Waals surface area (Å²) in [6.07, 6.45) is -2.84. The average molecular weight is 799 g/mol. The second-order valence-corrected chi connectivity index (χ2v) is 13.5. The molecular weight excluding hydrogens is 753 g/mol. The normalized spacial score (nSPS) is 18.4. The minimum absolute atomic E-state index is 0.184. The molecule has 15 nitrogen and oxygen atoms in total. The number of rotatable bonds is 9. The van der Waals surface area contributed by atoms with Gasteiger partial charge in [-0.05, 0) is 73.9 Å². The summed E-state index contributed by atoms with van der Waals surface area (Å²) in [4.78, 5) is 71.6. The molecule has 3 aliphatic heterocycles. The fourth-order valence-corrected chi connectivity index (χ4v) is 5.54. The SMILES string of the molecule is CC(=O)NC[C@H]1CN(c2ccc(C)c(F)c2)C(=O)O1.CC(=O)NC[C@H]1CN(c2ccc(C)c(F)c2)C(=O)O1.CC(=O)NC[C@H]1CN(c2ccc(C)c(F)c2)C(=O)O1. The van der Waals surface area contributed by atoms with Crippen LogP contribution in [0, 0.1) is 38.2 Å². The molecule has 3 saturated heterocycles. The standard InChI is InChI=1S/3C13H15FN2O3/c3*1-8-3-4-10(5-12(8)14)16-7-11(19-13(16)18)6-15-9(2)17/h3*3-5,11H,6-7H2,1-2H3,(H,15,17)/t3*11-/m000/s1. The minimum Gasteiger partial charge on any atom is -0.442 e. The van der Waals surface area contributed by atoms with E-state index in [2.05, 4.69) is 16.0 Å². The van der Waals surface area contributed by atoms with Crippen molar-refractivity contribution in [3.8, 4) is 0 Å². The Bertz CT molecular complexity index is 1780. The van der Waals surface area contributed by atoms with Gasteiger partial charge in [-0.3, -0.25) is 29.1 Å². The van der Waals surface area contributed by atoms with Gasteiger partial charge in [0.15, 0.2) is 0 Å². The van der Waals surface area contributed by atoms with Gasteiger partial charge in [0.05, 0.1) is 56.3 Å². The van der Waals surface area contributed by atoms with E-state index in [1.165, 1.54) is 53.7 Å². The number of ether oxygens (including phenoxy) is 3. The highest BCUT2D eigenvalue weighted by Crippen LogP contribution is 2.26. The number of halogens is 3. The fraction of sp³-hybridized carbons (Fsp3) is 0.385. The van der Waals surface area contributed by atoms with Crippen molar-refractivity contribution < 1.29 is 56.1 Å². The summed E-state index contributed by atoms with van der Waals surface area (Å²) in [5.74, 6) is -1.65. The van der Waals surface area contributed by atoms with Gasteiger partial charge in [-0.1, -0.05) is 18.2 Å². The van der Waals surface area contributed by atoms with Crippen molar-refractivity contribution in [1.82, 2.24) is 16.0 Å². The van der Waals surface area contributed by atoms with Crippen molar-refractivity contribution in [2.75, 3.05) is 54.0 Å². The number of aryl methyl sites for hydroxylation is 3. The number of carbonyl (C=O) groups excluding carboxylic acids is 6. The number of carbonyl (C=O) groups is 6. The number of hydrogen-bond acceptors (Lipinski definition) is 9. The van der Waals surface area contributed by atoms with Crippen LogP contribution in [0.5, 0.6) is 0 Å². The summed E-state index contributed by atoms with van der Waals surface area (Å²) in [5, 5.41) is 7.75. The number of amides is 6. The maximum atomic E-state index is 13.5. The molecule has 0 radical (unpaired) electrons. The monoisotopic (exact) mass is 798 g/mol. The zero-order valence-electron chi connectivity index (χ0n) is 32.3. The van der Waals surface area contributed by atoms with Crippen LogP contribution in [0.2, 0.25) is 0 Å². The summed E-state index contributed by atoms with van der Waals surface area (Å²) in [6.45, 7) is 10.8. The lowest BCUT2D eigenvalue weighted by atomic mass is 10.2. The Morgan fingerprint density at radius 3 is 0.982 bits per heavy atom. The zero-order chi connectivity index (χ0) is 42.0. The van der Waals surface area contributed by atoms with Crippen LogP contribution in [-0.2, 0) is 28.6 Å². The van der Waals surface area contributed by atoms with Crippen LogP contribution in [0.1, 0.15) is 37.5 Å². The van der Waals surface area contributed by atoms with E-state index in [9.17, 15) is 41.9 Å². The van der Waals surface area contributed by atoms with Gasteiger partial charge in [-0.2, -0.15) is 0 Å². The van der Waals surface area contributed by atoms with Gasteiger partial charge < -0.3 is 30.2 Å². The molecule has 3 aromatic carbocycles. The lowest BCUT2D eigenvalue weighted by molar-refractivity contribution is -0.120. The van der Waals surface area contributed by atoms with Crippen LogP contribution in [0.4, 0.5) is 44.6 Å². The average Bonchev–Trinajstić information content (AvgIpc) is 3.84. The van der Waals surface area contributed by atoms with E-state index in [0.29, 0.717) is 53.4 Å². The first-order chi connectivity index (χ1) is 26.9. The van der Waals surface area contributed by atoms with E-state index in [4.69, 9.17) is 14.2 Å². The molecule has 0 spiro atoms. The van der Waals surface area contributed by atoms with Crippen LogP contribution in [0.25, 0.3) is 0 Å². The molecule has 3 aliphatic rings. The van der Waals surface area contributed by atoms with Gasteiger partial charge in [0.25, 0.3) is 0 Å². The predicted octanol–water partition coefficient (Wildman–Crippen LogP) is 4.79. The van der Waals surface area contributed by atoms with Crippen molar-refractivity contribution in [2.24, 2.45) is 0 Å². The van der Waals surface area contributed by atoms with Crippen LogP contribution >= 0.6 is 0 Å². The number of benzene rings is 3. The molecule has 57 heavy (non-hydrogen) atoms. The van der Waals surface area contributed by atoms with E-state index in [1.807, 2.05) is 0 Å². The molecule has 0 saturated carbocycles. The summed E-state index contributed by atoms with van der Waals surface area (Å²) in [5.41, 5.74) is 2.93. The highest BCUT2D eigenvalue weighted by molar-refractivity contribution is 5.91. The Morgan fingerprint density at radius 2 is 0.772 bits per heavy atom. The minimum atomic E-state index is -0.529. The quantitative estimate of drug-likeness (QED) is 0.257. The molecule has 306 valence electrons. The Balaban J connectivity index is 0.000000189. The number of cyclic esters (lactones) is 3. The van der Waals surface area contributed by atoms with Crippen molar-refractivity contribution in [3.63, 3.8) is 0 Å². The smallest absolute Gasteiger partial charge is 0.414 e. The second kappa shape index (κ2) is 19.5. The molecule has 0 aromatic heterocycles. The highest BCUT2D eigenvalue weighted by atomic mass is 19.1. The van der Waals surface area contributed by atoms with Crippen LogP contribution < -0.4 is 30.7 Å². The van der Waals surface area contributed by atoms with Gasteiger partial charge in [0.2, 0.25) is 17.7 Å². The number of nitrogens with one attached hydrogen (secondary N) is 3. The molecule has 6 rings (SSSR count). The molecule has 0 aliphatic carbocycles. The Hall–Kier alpha value is -6.33. The van der Waals surface area contributed by atoms with Crippen LogP contribution in [0.3, 0.4) is 0 Å². The number of anilines is 3. The van der Waals surface area contributed by atoms with Gasteiger partial charge in [0.1, 0.15) is 35.8 Å². The third-order valence-electron chi connectivity index (χ3n) is 8.76. The maximum Gasteiger partial charge on any atom is 0.414 e. The van der Waals surface area contributed by atoms with E-state index in [-0.39, 0.29) is 54.8 Å². The molecule has 3 heterocycles. The van der Waals surface area contributed by atoms with Gasteiger partial charge in [-0.15, -0.1) is 0 Å². The van der Waals surface area contributed by atoms with E-state index >= 15 is 0 Å². The van der Waals surface area contributed by atoms with Crippen molar-refractivity contribution in [3.05, 3.63) is 88.7 Å². The molecular formula is C39H45F3N6O9. The number of hydrogen-bond donors (Lipinski definition) is 3. The van der Waals surface area contributed by atoms with Crippen molar-refractivity contribution in [1.29, 1.82) is 0 Å². The fourth-order valence-electron chi connectivity index (χ4n) is 5.54. The molecule has 0 bridgehead atoms. The van der Waals surface area contributed by atoms with Crippen LogP contribution in [-0.4, -0.2) is 93.6 Å². The third kappa shape index (κ3) is 12.3. The van der Waals surface area contributed by atoms with Gasteiger partial charge >= 0.3 is 18.3 Å². The molecule has 6 amide bonds. The van der Waals surface area contributed by atoms with E-state index in [0.717, 1.165) is 0 Å². The van der Waals surface area contributed by atoms with Gasteiger partial charge in [-0.25, -0.2) is 27.6 Å². The zero-order valence-corrected chi connectivity index (χ0v) is 32.3. The maximum absolute atomic E-state index is 13.5. The number of nitrogens with zero attached hydrogens (tertiary/aromatic N) is 3. The molecule has 3 aromatic rings. The molecule has 0 unspecified atom stereocenters. The predicted molar refractivity (Wildman–Crippen MR) is 202 cm³/mol. The first-order valence-electron chi connectivity index (χ1n) is 17.9. The Morgan fingerprint density at radius 1 is 0.526 bits per heavy atom. The van der Waals surface area contributed by atoms with Crippen molar-refractivity contribution in [2.45, 2.75) is 59.9 Å². The van der Waals surface area contributed by atoms with Crippen molar-refractivity contribution >= 4 is 53.1 Å². The largest absolute Gasteiger partial charge is 0.442 e. The summed E-state index contributed by atoms with van der Waals surface area (Å²) in [7, 11) is 0. The lowest BCUT2D eigenvalue weighted by Crippen LogP contribution is -2.33. The second-order valence-electron chi connectivity index (χ2n) is 13.5. The highest BCUT2D eigenvalue weighted by Gasteiger charge is 2.34. The summed E-state index contributed by atoms with van der Waals surface area (Å²) in [6, 6.07) is 13.7. The summed E-state index contributed by atoms with van der Waals surface area (Å²) >= 11 is 0. The first kappa shape index (κ1) is 43.4. The van der Waals surface area contributed by atoms with E-state index < -0.39 is 36.6 Å². The Kier molecular flexibility index (Phi) is 14.8. The van der Waals surface area contributed by atoms with Crippen LogP contribution in [0.15, 0.2) is 54.6 Å². The van der Waals surface area contributed by atoms with Gasteiger partial charge in [0, 0.05) is 20.8 Å². The topological polar surface area (TPSA) is 176 Å². The molecule has 3 N–H and O–H groups in total. The third-order valence-corrected chi connectivity index (χ3v) is 8.76. The lowest BCUT2D eigenvalue weighted by Gasteiger charge is -2.13. The Labute approximate surface area is 327 Å². The van der Waals surface area contributed by atoms with E-state index in [1.54, 1.807) is 57.2 Å². The first-order valence-corrected chi connectivity index (χ1v) is 17.9. The molecule has 3 atom stereocenters.